The van der Waals surface area contributed by atoms with E-state index in [9.17, 15) is 19.1 Å². The molecule has 0 saturated heterocycles. The highest BCUT2D eigenvalue weighted by Crippen LogP contribution is 2.14. The fourth-order valence-electron chi connectivity index (χ4n) is 1.96. The monoisotopic (exact) mass is 317 g/mol. The van der Waals surface area contributed by atoms with Gasteiger partial charge in [0.2, 0.25) is 0 Å². The molecule has 0 radical (unpaired) electrons. The number of esters is 1. The summed E-state index contributed by atoms with van der Waals surface area (Å²) in [7, 11) is 0. The van der Waals surface area contributed by atoms with Crippen LogP contribution in [0.25, 0.3) is 5.76 Å². The van der Waals surface area contributed by atoms with E-state index < -0.39 is 11.8 Å². The van der Waals surface area contributed by atoms with Crippen LogP contribution >= 0.6 is 0 Å². The Morgan fingerprint density at radius 3 is 2.61 bits per heavy atom. The summed E-state index contributed by atoms with van der Waals surface area (Å²) in [5, 5.41) is 9.89. The highest BCUT2D eigenvalue weighted by atomic mass is 19.1. The summed E-state index contributed by atoms with van der Waals surface area (Å²) < 4.78 is 19.2. The fourth-order valence-corrected chi connectivity index (χ4v) is 1.96. The zero-order valence-corrected chi connectivity index (χ0v) is 12.5. The second-order valence-corrected chi connectivity index (χ2v) is 4.81. The number of ether oxygens (including phenoxy) is 1. The minimum Gasteiger partial charge on any atom is -0.507 e. The minimum atomic E-state index is -1.01. The first-order valence-electron chi connectivity index (χ1n) is 7.02. The summed E-state index contributed by atoms with van der Waals surface area (Å²) in [4.78, 5) is 22.7. The highest BCUT2D eigenvalue weighted by molar-refractivity contribution is 6.39. The number of aliphatic hydroxyl groups is 1. The van der Waals surface area contributed by atoms with Crippen LogP contribution in [-0.2, 0) is 20.9 Å². The van der Waals surface area contributed by atoms with Gasteiger partial charge in [0.25, 0.3) is 5.78 Å². The maximum atomic E-state index is 12.9. The van der Waals surface area contributed by atoms with Gasteiger partial charge in [-0.25, -0.2) is 9.18 Å². The molecule has 0 aliphatic heterocycles. The molecular formula is C17H16FNO4. The Kier molecular flexibility index (Phi) is 5.30. The normalized spacial score (nSPS) is 11.3. The SMILES string of the molecule is CCOC(=O)C(=O)C=C(O)c1ccn(Cc2ccc(F)cc2)c1. The third kappa shape index (κ3) is 4.54. The molecule has 2 aromatic rings. The molecular weight excluding hydrogens is 301 g/mol. The van der Waals surface area contributed by atoms with E-state index in [1.165, 1.54) is 12.1 Å². The van der Waals surface area contributed by atoms with Crippen LogP contribution in [0.3, 0.4) is 0 Å². The van der Waals surface area contributed by atoms with E-state index in [0.717, 1.165) is 11.6 Å². The van der Waals surface area contributed by atoms with Crippen molar-refractivity contribution in [2.75, 3.05) is 6.61 Å². The van der Waals surface area contributed by atoms with Crippen molar-refractivity contribution in [3.8, 4) is 0 Å². The lowest BCUT2D eigenvalue weighted by Gasteiger charge is -2.03. The number of carbonyl (C=O) groups excluding carboxylic acids is 2. The third-order valence-electron chi connectivity index (χ3n) is 3.07. The molecule has 5 nitrogen and oxygen atoms in total. The second kappa shape index (κ2) is 7.40. The molecule has 1 N–H and O–H groups in total. The Hall–Kier alpha value is -2.89. The molecule has 0 unspecified atom stereocenters. The first-order valence-corrected chi connectivity index (χ1v) is 7.02. The van der Waals surface area contributed by atoms with Gasteiger partial charge in [0.15, 0.2) is 0 Å². The number of nitrogens with zero attached hydrogens (tertiary/aromatic N) is 1. The first-order chi connectivity index (χ1) is 11.0. The lowest BCUT2D eigenvalue weighted by atomic mass is 10.2. The average molecular weight is 317 g/mol. The fraction of sp³-hybridized carbons (Fsp3) is 0.176. The van der Waals surface area contributed by atoms with Crippen LogP contribution in [-0.4, -0.2) is 28.0 Å². The third-order valence-corrected chi connectivity index (χ3v) is 3.07. The van der Waals surface area contributed by atoms with E-state index in [0.29, 0.717) is 12.1 Å². The van der Waals surface area contributed by atoms with Crippen molar-refractivity contribution in [1.29, 1.82) is 0 Å². The molecule has 0 atom stereocenters. The van der Waals surface area contributed by atoms with E-state index in [-0.39, 0.29) is 18.2 Å². The summed E-state index contributed by atoms with van der Waals surface area (Å²) in [5.41, 5.74) is 1.28. The van der Waals surface area contributed by atoms with Crippen LogP contribution in [0, 0.1) is 5.82 Å². The summed E-state index contributed by atoms with van der Waals surface area (Å²) in [6.45, 7) is 2.16. The molecule has 1 aromatic heterocycles. The lowest BCUT2D eigenvalue weighted by Crippen LogP contribution is -2.15. The smallest absolute Gasteiger partial charge is 0.379 e. The largest absolute Gasteiger partial charge is 0.507 e. The molecule has 1 aromatic carbocycles. The van der Waals surface area contributed by atoms with Crippen LogP contribution in [0.2, 0.25) is 0 Å². The molecule has 0 aliphatic rings. The molecule has 2 rings (SSSR count). The Balaban J connectivity index is 2.07. The van der Waals surface area contributed by atoms with Gasteiger partial charge in [-0.3, -0.25) is 4.79 Å². The molecule has 120 valence electrons. The number of halogens is 1. The van der Waals surface area contributed by atoms with Crippen LogP contribution in [0.5, 0.6) is 0 Å². The van der Waals surface area contributed by atoms with Crippen LogP contribution < -0.4 is 0 Å². The number of carbonyl (C=O) groups is 2. The Morgan fingerprint density at radius 1 is 1.26 bits per heavy atom. The van der Waals surface area contributed by atoms with Gasteiger partial charge in [0.1, 0.15) is 11.6 Å². The number of aliphatic hydroxyl groups excluding tert-OH is 1. The molecule has 0 bridgehead atoms. The molecule has 0 saturated carbocycles. The topological polar surface area (TPSA) is 68.5 Å². The van der Waals surface area contributed by atoms with Gasteiger partial charge in [-0.15, -0.1) is 0 Å². The second-order valence-electron chi connectivity index (χ2n) is 4.81. The molecule has 0 fully saturated rings. The molecule has 0 aliphatic carbocycles. The van der Waals surface area contributed by atoms with Crippen molar-refractivity contribution < 1.29 is 23.8 Å². The van der Waals surface area contributed by atoms with Crippen molar-refractivity contribution in [3.05, 3.63) is 65.7 Å². The number of aromatic nitrogens is 1. The van der Waals surface area contributed by atoms with Crippen LogP contribution in [0.1, 0.15) is 18.1 Å². The minimum absolute atomic E-state index is 0.0905. The molecule has 0 spiro atoms. The van der Waals surface area contributed by atoms with Gasteiger partial charge in [0, 0.05) is 30.6 Å². The highest BCUT2D eigenvalue weighted by Gasteiger charge is 2.14. The van der Waals surface area contributed by atoms with Gasteiger partial charge >= 0.3 is 5.97 Å². The molecule has 23 heavy (non-hydrogen) atoms. The Labute approximate surface area is 132 Å². The maximum absolute atomic E-state index is 12.9. The molecule has 1 heterocycles. The number of hydrogen-bond donors (Lipinski definition) is 1. The zero-order valence-electron chi connectivity index (χ0n) is 12.5. The van der Waals surface area contributed by atoms with Crippen molar-refractivity contribution in [3.63, 3.8) is 0 Å². The maximum Gasteiger partial charge on any atom is 0.379 e. The van der Waals surface area contributed by atoms with Gasteiger partial charge < -0.3 is 14.4 Å². The van der Waals surface area contributed by atoms with E-state index in [4.69, 9.17) is 0 Å². The zero-order chi connectivity index (χ0) is 16.8. The quantitative estimate of drug-likeness (QED) is 0.385. The summed E-state index contributed by atoms with van der Waals surface area (Å²) in [5.74, 6) is -2.55. The summed E-state index contributed by atoms with van der Waals surface area (Å²) in [6.07, 6.45) is 4.15. The van der Waals surface area contributed by atoms with E-state index in [1.54, 1.807) is 42.1 Å². The van der Waals surface area contributed by atoms with Gasteiger partial charge in [-0.1, -0.05) is 12.1 Å². The predicted molar refractivity (Wildman–Crippen MR) is 82.2 cm³/mol. The van der Waals surface area contributed by atoms with E-state index in [1.807, 2.05) is 0 Å². The van der Waals surface area contributed by atoms with Gasteiger partial charge in [0.05, 0.1) is 6.61 Å². The molecule has 0 amide bonds. The van der Waals surface area contributed by atoms with Gasteiger partial charge in [-0.2, -0.15) is 0 Å². The first kappa shape index (κ1) is 16.5. The Bertz CT molecular complexity index is 731. The van der Waals surface area contributed by atoms with Crippen molar-refractivity contribution in [2.45, 2.75) is 13.5 Å². The van der Waals surface area contributed by atoms with Crippen molar-refractivity contribution in [1.82, 2.24) is 4.57 Å². The van der Waals surface area contributed by atoms with E-state index >= 15 is 0 Å². The number of benzene rings is 1. The molecule has 6 heteroatoms. The summed E-state index contributed by atoms with van der Waals surface area (Å²) >= 11 is 0. The average Bonchev–Trinajstić information content (AvgIpc) is 2.98. The number of ketones is 1. The van der Waals surface area contributed by atoms with Gasteiger partial charge in [-0.05, 0) is 30.7 Å². The van der Waals surface area contributed by atoms with Crippen LogP contribution in [0.15, 0.2) is 48.8 Å². The Morgan fingerprint density at radius 2 is 1.96 bits per heavy atom. The van der Waals surface area contributed by atoms with Crippen molar-refractivity contribution >= 4 is 17.5 Å². The lowest BCUT2D eigenvalue weighted by molar-refractivity contribution is -0.151. The number of rotatable bonds is 6. The summed E-state index contributed by atoms with van der Waals surface area (Å²) in [6, 6.07) is 7.67. The predicted octanol–water partition coefficient (Wildman–Crippen LogP) is 2.71. The number of hydrogen-bond acceptors (Lipinski definition) is 4. The van der Waals surface area contributed by atoms with Crippen molar-refractivity contribution in [2.24, 2.45) is 0 Å². The standard InChI is InChI=1S/C17H16FNO4/c1-2-23-17(22)16(21)9-15(20)13-7-8-19(11-13)10-12-3-5-14(18)6-4-12/h3-9,11,20H,2,10H2,1H3. The van der Waals surface area contributed by atoms with Crippen LogP contribution in [0.4, 0.5) is 4.39 Å². The van der Waals surface area contributed by atoms with E-state index in [2.05, 4.69) is 4.74 Å².